The van der Waals surface area contributed by atoms with E-state index in [1.165, 1.54) is 0 Å². The van der Waals surface area contributed by atoms with Gasteiger partial charge in [0.25, 0.3) is 5.91 Å². The number of fused-ring (bicyclic) bond motifs is 1. The van der Waals surface area contributed by atoms with Crippen LogP contribution in [0.4, 0.5) is 8.78 Å². The topological polar surface area (TPSA) is 61.4 Å². The molecule has 5 nitrogen and oxygen atoms in total. The minimum atomic E-state index is -2.61. The smallest absolute Gasteiger partial charge is 0.255 e. The van der Waals surface area contributed by atoms with Crippen molar-refractivity contribution in [3.8, 4) is 0 Å². The van der Waals surface area contributed by atoms with E-state index in [2.05, 4.69) is 17.2 Å². The Morgan fingerprint density at radius 1 is 1.29 bits per heavy atom. The third-order valence-corrected chi connectivity index (χ3v) is 6.71. The number of carbonyl (C=O) groups excluding carboxylic acids is 2. The molecule has 2 amide bonds. The van der Waals surface area contributed by atoms with Crippen LogP contribution in [0.5, 0.6) is 0 Å². The molecule has 7 heteroatoms. The number of amides is 2. The molecule has 2 N–H and O–H groups in total. The normalized spacial score (nSPS) is 28.1. The quantitative estimate of drug-likeness (QED) is 0.746. The Kier molecular flexibility index (Phi) is 5.90. The molecule has 1 saturated heterocycles. The fourth-order valence-corrected chi connectivity index (χ4v) is 5.19. The van der Waals surface area contributed by atoms with E-state index in [1.54, 1.807) is 4.90 Å². The summed E-state index contributed by atoms with van der Waals surface area (Å²) in [5.41, 5.74) is 3.29. The molecule has 0 radical (unpaired) electrons. The second-order valence-corrected chi connectivity index (χ2v) is 9.56. The van der Waals surface area contributed by atoms with Crippen molar-refractivity contribution in [2.24, 2.45) is 5.92 Å². The van der Waals surface area contributed by atoms with Crippen LogP contribution in [0.15, 0.2) is 30.5 Å². The van der Waals surface area contributed by atoms with Gasteiger partial charge in [-0.1, -0.05) is 32.6 Å². The summed E-state index contributed by atoms with van der Waals surface area (Å²) in [5, 5.41) is 6.08. The molecule has 1 saturated carbocycles. The lowest BCUT2D eigenvalue weighted by Crippen LogP contribution is -2.49. The Morgan fingerprint density at radius 3 is 2.77 bits per heavy atom. The second-order valence-electron chi connectivity index (χ2n) is 9.56. The Labute approximate surface area is 182 Å². The highest BCUT2D eigenvalue weighted by atomic mass is 19.3. The average Bonchev–Trinajstić information content (AvgIpc) is 2.99. The average molecular weight is 432 g/mol. The molecule has 31 heavy (non-hydrogen) atoms. The molecule has 1 aromatic carbocycles. The monoisotopic (exact) mass is 431 g/mol. The van der Waals surface area contributed by atoms with E-state index in [0.29, 0.717) is 43.5 Å². The third kappa shape index (κ3) is 4.66. The van der Waals surface area contributed by atoms with Crippen molar-refractivity contribution >= 4 is 11.8 Å². The van der Waals surface area contributed by atoms with Crippen molar-refractivity contribution in [2.75, 3.05) is 0 Å². The van der Waals surface area contributed by atoms with E-state index >= 15 is 0 Å². The van der Waals surface area contributed by atoms with Gasteiger partial charge >= 0.3 is 0 Å². The predicted octanol–water partition coefficient (Wildman–Crippen LogP) is 3.78. The number of alkyl halides is 2. The maximum atomic E-state index is 14.0. The summed E-state index contributed by atoms with van der Waals surface area (Å²) in [6.45, 7) is 8.17. The van der Waals surface area contributed by atoms with Gasteiger partial charge in [-0.3, -0.25) is 9.59 Å². The van der Waals surface area contributed by atoms with E-state index in [1.807, 2.05) is 32.0 Å². The zero-order chi connectivity index (χ0) is 22.3. The van der Waals surface area contributed by atoms with Crippen molar-refractivity contribution in [2.45, 2.75) is 83.0 Å². The second kappa shape index (κ2) is 8.34. The van der Waals surface area contributed by atoms with Gasteiger partial charge in [0.15, 0.2) is 0 Å². The largest absolute Gasteiger partial charge is 0.329 e. The summed E-state index contributed by atoms with van der Waals surface area (Å²) in [6.07, 6.45) is 2.22. The van der Waals surface area contributed by atoms with Crippen molar-refractivity contribution in [1.82, 2.24) is 15.5 Å². The van der Waals surface area contributed by atoms with Crippen LogP contribution in [0.1, 0.15) is 67.4 Å². The lowest BCUT2D eigenvalue weighted by Gasteiger charge is -2.38. The van der Waals surface area contributed by atoms with Crippen molar-refractivity contribution in [3.05, 3.63) is 47.2 Å². The Balaban J connectivity index is 1.48. The minimum absolute atomic E-state index is 0.0762. The highest BCUT2D eigenvalue weighted by Crippen LogP contribution is 2.38. The minimum Gasteiger partial charge on any atom is -0.329 e. The van der Waals surface area contributed by atoms with Crippen molar-refractivity contribution in [1.29, 1.82) is 0 Å². The molecule has 0 bridgehead atoms. The van der Waals surface area contributed by atoms with Gasteiger partial charge in [0.1, 0.15) is 6.04 Å². The Hall–Kier alpha value is -2.28. The first kappa shape index (κ1) is 21.9. The summed E-state index contributed by atoms with van der Waals surface area (Å²) in [5.74, 6) is -2.78. The molecule has 1 unspecified atom stereocenters. The molecule has 3 atom stereocenters. The molecule has 2 heterocycles. The van der Waals surface area contributed by atoms with E-state index in [4.69, 9.17) is 0 Å². The Morgan fingerprint density at radius 2 is 2.06 bits per heavy atom. The van der Waals surface area contributed by atoms with Gasteiger partial charge in [-0.25, -0.2) is 8.78 Å². The number of piperidine rings is 1. The van der Waals surface area contributed by atoms with Gasteiger partial charge < -0.3 is 15.5 Å². The maximum Gasteiger partial charge on any atom is 0.255 e. The van der Waals surface area contributed by atoms with Gasteiger partial charge in [0, 0.05) is 42.7 Å². The zero-order valence-corrected chi connectivity index (χ0v) is 18.2. The van der Waals surface area contributed by atoms with Crippen molar-refractivity contribution < 1.29 is 18.4 Å². The summed E-state index contributed by atoms with van der Waals surface area (Å²) in [4.78, 5) is 26.9. The van der Waals surface area contributed by atoms with Crippen LogP contribution in [-0.2, 0) is 17.8 Å². The van der Waals surface area contributed by atoms with Crippen LogP contribution in [0, 0.1) is 5.92 Å². The maximum absolute atomic E-state index is 14.0. The Bertz CT molecular complexity index is 899. The molecule has 2 fully saturated rings. The summed E-state index contributed by atoms with van der Waals surface area (Å²) in [7, 11) is 0. The molecule has 1 aromatic rings. The summed E-state index contributed by atoms with van der Waals surface area (Å²) < 4.78 is 28.0. The molecule has 168 valence electrons. The first-order chi connectivity index (χ1) is 14.6. The number of nitrogens with one attached hydrogen (secondary N) is 2. The van der Waals surface area contributed by atoms with Crippen LogP contribution < -0.4 is 10.6 Å². The molecule has 1 aliphatic carbocycles. The standard InChI is InChI=1S/C24H31F2N3O2/c1-14(2)27-20-12-24(25,26)9-8-17(20)10-16-5-6-19-18(11-16)13-29(23(19)31)21-7-4-15(3)28-22(21)30/h5-6,11,14,17,20-21,27H,3-4,7-10,12-13H2,1-2H3,(H,28,30)/t17-,20+,21?/m1/s1. The third-order valence-electron chi connectivity index (χ3n) is 6.71. The number of nitrogens with zero attached hydrogens (tertiary/aromatic N) is 1. The summed E-state index contributed by atoms with van der Waals surface area (Å²) >= 11 is 0. The first-order valence-electron chi connectivity index (χ1n) is 11.2. The molecular formula is C24H31F2N3O2. The lowest BCUT2D eigenvalue weighted by atomic mass is 9.78. The molecule has 3 aliphatic rings. The zero-order valence-electron chi connectivity index (χ0n) is 18.2. The van der Waals surface area contributed by atoms with Crippen LogP contribution >= 0.6 is 0 Å². The van der Waals surface area contributed by atoms with Crippen LogP contribution in [0.25, 0.3) is 0 Å². The van der Waals surface area contributed by atoms with E-state index in [0.717, 1.165) is 11.1 Å². The molecule has 2 aliphatic heterocycles. The number of carbonyl (C=O) groups is 2. The lowest BCUT2D eigenvalue weighted by molar-refractivity contribution is -0.126. The number of benzene rings is 1. The van der Waals surface area contributed by atoms with E-state index in [-0.39, 0.29) is 42.7 Å². The van der Waals surface area contributed by atoms with Crippen molar-refractivity contribution in [3.63, 3.8) is 0 Å². The van der Waals surface area contributed by atoms with E-state index < -0.39 is 12.0 Å². The summed E-state index contributed by atoms with van der Waals surface area (Å²) in [6, 6.07) is 5.22. The highest BCUT2D eigenvalue weighted by Gasteiger charge is 2.42. The highest BCUT2D eigenvalue weighted by molar-refractivity contribution is 6.01. The molecule has 0 spiro atoms. The van der Waals surface area contributed by atoms with Crippen LogP contribution in [-0.4, -0.2) is 40.8 Å². The molecular weight excluding hydrogens is 400 g/mol. The van der Waals surface area contributed by atoms with Gasteiger partial charge in [-0.2, -0.15) is 0 Å². The fourth-order valence-electron chi connectivity index (χ4n) is 5.19. The van der Waals surface area contributed by atoms with E-state index in [9.17, 15) is 18.4 Å². The number of hydrogen-bond donors (Lipinski definition) is 2. The van der Waals surface area contributed by atoms with Gasteiger partial charge in [-0.15, -0.1) is 0 Å². The first-order valence-corrected chi connectivity index (χ1v) is 11.2. The van der Waals surface area contributed by atoms with Crippen LogP contribution in [0.3, 0.4) is 0 Å². The number of halogens is 2. The fraction of sp³-hybridized carbons (Fsp3) is 0.583. The number of hydrogen-bond acceptors (Lipinski definition) is 3. The van der Waals surface area contributed by atoms with Gasteiger partial charge in [0.2, 0.25) is 11.8 Å². The molecule has 4 rings (SSSR count). The SMILES string of the molecule is C=C1CCC(N2Cc3cc(C[C@H]4CCC(F)(F)C[C@@H]4NC(C)C)ccc3C2=O)C(=O)N1. The van der Waals surface area contributed by atoms with Gasteiger partial charge in [-0.05, 0) is 48.8 Å². The van der Waals surface area contributed by atoms with Crippen LogP contribution in [0.2, 0.25) is 0 Å². The van der Waals surface area contributed by atoms with Gasteiger partial charge in [0.05, 0.1) is 0 Å². The number of allylic oxidation sites excluding steroid dienone is 1. The number of rotatable bonds is 5. The predicted molar refractivity (Wildman–Crippen MR) is 115 cm³/mol. The molecule has 0 aromatic heterocycles.